The first-order valence-corrected chi connectivity index (χ1v) is 4.41. The molecule has 0 atom stereocenters. The monoisotopic (exact) mass is 187 g/mol. The Labute approximate surface area is 84.5 Å². The molecule has 0 aliphatic heterocycles. The number of amides is 1. The molecule has 1 rings (SSSR count). The lowest BCUT2D eigenvalue weighted by Gasteiger charge is -2.15. The Morgan fingerprint density at radius 1 is 1.50 bits per heavy atom. The molecular weight excluding hydrogens is 174 g/mol. The maximum atomic E-state index is 11.1. The first-order chi connectivity index (χ1) is 6.65. The second-order valence-electron chi connectivity index (χ2n) is 3.23. The van der Waals surface area contributed by atoms with Gasteiger partial charge in [-0.2, -0.15) is 0 Å². The Hall–Kier alpha value is -1.75. The fraction of sp³-hybridized carbons (Fsp3) is 0.250. The van der Waals surface area contributed by atoms with E-state index in [4.69, 9.17) is 6.42 Å². The van der Waals surface area contributed by atoms with Crippen molar-refractivity contribution in [3.05, 3.63) is 35.4 Å². The van der Waals surface area contributed by atoms with Gasteiger partial charge in [-0.05, 0) is 24.0 Å². The number of terminal acetylenes is 1. The molecule has 0 aliphatic rings. The average molecular weight is 187 g/mol. The molecular formula is C12H13NO. The van der Waals surface area contributed by atoms with Crippen LogP contribution < -0.4 is 0 Å². The van der Waals surface area contributed by atoms with Gasteiger partial charge in [0, 0.05) is 13.6 Å². The predicted octanol–water partition coefficient (Wildman–Crippen LogP) is 1.59. The van der Waals surface area contributed by atoms with Crippen molar-refractivity contribution in [1.29, 1.82) is 0 Å². The van der Waals surface area contributed by atoms with E-state index in [0.29, 0.717) is 6.54 Å². The van der Waals surface area contributed by atoms with Gasteiger partial charge < -0.3 is 4.90 Å². The van der Waals surface area contributed by atoms with E-state index in [1.165, 1.54) is 10.5 Å². The number of nitrogens with zero attached hydrogens (tertiary/aromatic N) is 1. The Balaban J connectivity index is 2.75. The molecule has 0 bridgehead atoms. The highest BCUT2D eigenvalue weighted by molar-refractivity contribution is 5.92. The number of aryl methyl sites for hydroxylation is 1. The quantitative estimate of drug-likeness (QED) is 0.644. The maximum Gasteiger partial charge on any atom is 0.298 e. The van der Waals surface area contributed by atoms with Gasteiger partial charge in [-0.1, -0.05) is 24.3 Å². The summed E-state index contributed by atoms with van der Waals surface area (Å²) >= 11 is 0. The lowest BCUT2D eigenvalue weighted by Crippen LogP contribution is -2.24. The lowest BCUT2D eigenvalue weighted by molar-refractivity contribution is -0.124. The third-order valence-corrected chi connectivity index (χ3v) is 2.14. The van der Waals surface area contributed by atoms with Crippen LogP contribution in [0.3, 0.4) is 0 Å². The van der Waals surface area contributed by atoms with Crippen molar-refractivity contribution >= 4 is 5.91 Å². The zero-order chi connectivity index (χ0) is 10.6. The van der Waals surface area contributed by atoms with Gasteiger partial charge in [-0.3, -0.25) is 4.79 Å². The van der Waals surface area contributed by atoms with E-state index in [0.717, 1.165) is 5.56 Å². The van der Waals surface area contributed by atoms with Crippen LogP contribution in [0.4, 0.5) is 0 Å². The average Bonchev–Trinajstić information content (AvgIpc) is 2.20. The molecule has 1 aromatic rings. The minimum Gasteiger partial charge on any atom is -0.331 e. The Bertz CT molecular complexity index is 376. The molecule has 0 saturated carbocycles. The van der Waals surface area contributed by atoms with Crippen molar-refractivity contribution in [2.24, 2.45) is 0 Å². The first-order valence-electron chi connectivity index (χ1n) is 4.41. The van der Waals surface area contributed by atoms with Crippen molar-refractivity contribution in [3.63, 3.8) is 0 Å². The highest BCUT2D eigenvalue weighted by Crippen LogP contribution is 2.09. The number of carbonyl (C=O) groups is 1. The van der Waals surface area contributed by atoms with Crippen LogP contribution in [-0.2, 0) is 11.3 Å². The van der Waals surface area contributed by atoms with E-state index in [1.807, 2.05) is 31.2 Å². The molecule has 2 nitrogen and oxygen atoms in total. The minimum absolute atomic E-state index is 0.284. The molecule has 0 N–H and O–H groups in total. The summed E-state index contributed by atoms with van der Waals surface area (Å²) in [6.45, 7) is 2.58. The van der Waals surface area contributed by atoms with E-state index in [2.05, 4.69) is 5.92 Å². The summed E-state index contributed by atoms with van der Waals surface area (Å²) in [4.78, 5) is 12.6. The fourth-order valence-corrected chi connectivity index (χ4v) is 1.23. The molecule has 0 aliphatic carbocycles. The zero-order valence-corrected chi connectivity index (χ0v) is 8.45. The first kappa shape index (κ1) is 10.3. The van der Waals surface area contributed by atoms with Gasteiger partial charge in [0.2, 0.25) is 0 Å². The van der Waals surface area contributed by atoms with Crippen LogP contribution in [0.2, 0.25) is 0 Å². The van der Waals surface area contributed by atoms with Crippen LogP contribution in [0.1, 0.15) is 11.1 Å². The molecule has 0 unspecified atom stereocenters. The van der Waals surface area contributed by atoms with Crippen molar-refractivity contribution in [3.8, 4) is 12.3 Å². The van der Waals surface area contributed by atoms with Crippen LogP contribution in [0.15, 0.2) is 24.3 Å². The molecule has 0 fully saturated rings. The number of hydrogen-bond donors (Lipinski definition) is 0. The van der Waals surface area contributed by atoms with Crippen LogP contribution in [0, 0.1) is 19.3 Å². The number of rotatable bonds is 2. The van der Waals surface area contributed by atoms with E-state index in [-0.39, 0.29) is 5.91 Å². The smallest absolute Gasteiger partial charge is 0.298 e. The molecule has 72 valence electrons. The molecule has 1 aromatic carbocycles. The SMILES string of the molecule is C#CC(=O)N(C)Cc1ccccc1C. The molecule has 1 amide bonds. The molecule has 2 heteroatoms. The number of hydrogen-bond acceptors (Lipinski definition) is 1. The molecule has 0 aromatic heterocycles. The number of benzene rings is 1. The van der Waals surface area contributed by atoms with Crippen LogP contribution in [-0.4, -0.2) is 17.9 Å². The van der Waals surface area contributed by atoms with E-state index in [9.17, 15) is 4.79 Å². The predicted molar refractivity (Wildman–Crippen MR) is 56.5 cm³/mol. The Morgan fingerprint density at radius 2 is 2.14 bits per heavy atom. The third-order valence-electron chi connectivity index (χ3n) is 2.14. The molecule has 0 saturated heterocycles. The molecule has 0 heterocycles. The Morgan fingerprint density at radius 3 is 2.71 bits per heavy atom. The van der Waals surface area contributed by atoms with Crippen molar-refractivity contribution < 1.29 is 4.79 Å². The van der Waals surface area contributed by atoms with E-state index in [1.54, 1.807) is 7.05 Å². The van der Waals surface area contributed by atoms with Crippen molar-refractivity contribution in [2.45, 2.75) is 13.5 Å². The molecule has 14 heavy (non-hydrogen) atoms. The summed E-state index contributed by atoms with van der Waals surface area (Å²) in [5.41, 5.74) is 2.29. The zero-order valence-electron chi connectivity index (χ0n) is 8.45. The van der Waals surface area contributed by atoms with E-state index >= 15 is 0 Å². The minimum atomic E-state index is -0.284. The lowest BCUT2D eigenvalue weighted by atomic mass is 10.1. The van der Waals surface area contributed by atoms with Gasteiger partial charge >= 0.3 is 0 Å². The normalized spacial score (nSPS) is 9.21. The van der Waals surface area contributed by atoms with Gasteiger partial charge in [0.05, 0.1) is 0 Å². The molecule has 0 spiro atoms. The van der Waals surface area contributed by atoms with E-state index < -0.39 is 0 Å². The van der Waals surface area contributed by atoms with Gasteiger partial charge in [0.25, 0.3) is 5.91 Å². The third kappa shape index (κ3) is 2.37. The summed E-state index contributed by atoms with van der Waals surface area (Å²) in [6.07, 6.45) is 5.02. The van der Waals surface area contributed by atoms with Gasteiger partial charge in [-0.25, -0.2) is 0 Å². The van der Waals surface area contributed by atoms with Crippen LogP contribution in [0.25, 0.3) is 0 Å². The highest BCUT2D eigenvalue weighted by Gasteiger charge is 2.06. The Kier molecular flexibility index (Phi) is 3.30. The van der Waals surface area contributed by atoms with Crippen molar-refractivity contribution in [2.75, 3.05) is 7.05 Å². The van der Waals surface area contributed by atoms with Gasteiger partial charge in [-0.15, -0.1) is 6.42 Å². The second kappa shape index (κ2) is 4.48. The van der Waals surface area contributed by atoms with Crippen molar-refractivity contribution in [1.82, 2.24) is 4.90 Å². The standard InChI is InChI=1S/C12H13NO/c1-4-12(14)13(3)9-11-8-6-5-7-10(11)2/h1,5-8H,9H2,2-3H3. The van der Waals surface area contributed by atoms with Gasteiger partial charge in [0.15, 0.2) is 0 Å². The molecule has 0 radical (unpaired) electrons. The summed E-state index contributed by atoms with van der Waals surface area (Å²) in [6, 6.07) is 7.94. The number of carbonyl (C=O) groups excluding carboxylic acids is 1. The summed E-state index contributed by atoms with van der Waals surface area (Å²) in [5, 5.41) is 0. The summed E-state index contributed by atoms with van der Waals surface area (Å²) in [5.74, 6) is 1.81. The highest BCUT2D eigenvalue weighted by atomic mass is 16.2. The fourth-order valence-electron chi connectivity index (χ4n) is 1.23. The van der Waals surface area contributed by atoms with Crippen LogP contribution >= 0.6 is 0 Å². The topological polar surface area (TPSA) is 20.3 Å². The largest absolute Gasteiger partial charge is 0.331 e. The summed E-state index contributed by atoms with van der Waals surface area (Å²) in [7, 11) is 1.70. The van der Waals surface area contributed by atoms with Crippen LogP contribution in [0.5, 0.6) is 0 Å². The maximum absolute atomic E-state index is 11.1. The van der Waals surface area contributed by atoms with Gasteiger partial charge in [0.1, 0.15) is 0 Å². The summed E-state index contributed by atoms with van der Waals surface area (Å²) < 4.78 is 0. The second-order valence-corrected chi connectivity index (χ2v) is 3.23.